The Balaban J connectivity index is 2.00. The predicted molar refractivity (Wildman–Crippen MR) is 112 cm³/mol. The molecule has 0 aliphatic carbocycles. The van der Waals surface area contributed by atoms with Gasteiger partial charge >= 0.3 is 0 Å². The molecule has 3 rings (SSSR count). The molecule has 2 aromatic carbocycles. The topological polar surface area (TPSA) is 96.3 Å². The molecule has 0 spiro atoms. The van der Waals surface area contributed by atoms with E-state index in [2.05, 4.69) is 47.2 Å². The second-order valence-corrected chi connectivity index (χ2v) is 6.81. The van der Waals surface area contributed by atoms with Gasteiger partial charge in [-0.1, -0.05) is 37.3 Å². The number of aromatic nitrogens is 2. The minimum Gasteiger partial charge on any atom is -0.493 e. The van der Waals surface area contributed by atoms with Crippen molar-refractivity contribution in [1.82, 2.24) is 9.97 Å². The van der Waals surface area contributed by atoms with E-state index in [1.807, 2.05) is 12.1 Å². The summed E-state index contributed by atoms with van der Waals surface area (Å²) in [5.74, 6) is 2.23. The van der Waals surface area contributed by atoms with Crippen molar-refractivity contribution in [1.29, 1.82) is 0 Å². The first-order valence-corrected chi connectivity index (χ1v) is 9.17. The van der Waals surface area contributed by atoms with Gasteiger partial charge in [0.25, 0.3) is 0 Å². The second kappa shape index (κ2) is 8.61. The quantitative estimate of drug-likeness (QED) is 0.652. The Kier molecular flexibility index (Phi) is 5.99. The number of nitrogens with zero attached hydrogens (tertiary/aromatic N) is 2. The van der Waals surface area contributed by atoms with Crippen LogP contribution in [0, 0.1) is 0 Å². The molecular formula is C22H26N4O2. The minimum absolute atomic E-state index is 0.172. The summed E-state index contributed by atoms with van der Waals surface area (Å²) in [6, 6.07) is 14.5. The molecule has 0 aliphatic rings. The molecule has 0 aliphatic heterocycles. The summed E-state index contributed by atoms with van der Waals surface area (Å²) in [7, 11) is 3.28. The average Bonchev–Trinajstić information content (AvgIpc) is 2.70. The van der Waals surface area contributed by atoms with Crippen LogP contribution >= 0.6 is 0 Å². The Morgan fingerprint density at radius 3 is 2.29 bits per heavy atom. The third kappa shape index (κ3) is 4.34. The number of anilines is 2. The van der Waals surface area contributed by atoms with E-state index < -0.39 is 0 Å². The molecule has 1 atom stereocenters. The van der Waals surface area contributed by atoms with Crippen molar-refractivity contribution in [3.8, 4) is 11.5 Å². The van der Waals surface area contributed by atoms with E-state index in [4.69, 9.17) is 20.9 Å². The largest absolute Gasteiger partial charge is 0.493 e. The normalized spacial score (nSPS) is 11.8. The number of rotatable bonds is 7. The summed E-state index contributed by atoms with van der Waals surface area (Å²) < 4.78 is 11.0. The molecule has 146 valence electrons. The van der Waals surface area contributed by atoms with Crippen LogP contribution in [0.4, 0.5) is 11.8 Å². The van der Waals surface area contributed by atoms with Gasteiger partial charge in [-0.25, -0.2) is 4.98 Å². The van der Waals surface area contributed by atoms with Crippen molar-refractivity contribution in [3.63, 3.8) is 0 Å². The number of benzene rings is 2. The molecule has 28 heavy (non-hydrogen) atoms. The van der Waals surface area contributed by atoms with Gasteiger partial charge < -0.3 is 20.9 Å². The van der Waals surface area contributed by atoms with Crippen LogP contribution in [0.15, 0.2) is 48.7 Å². The van der Waals surface area contributed by atoms with E-state index in [0.29, 0.717) is 23.7 Å². The van der Waals surface area contributed by atoms with Crippen LogP contribution < -0.4 is 20.9 Å². The van der Waals surface area contributed by atoms with Crippen LogP contribution in [0.1, 0.15) is 35.1 Å². The molecular weight excluding hydrogens is 352 g/mol. The highest BCUT2D eigenvalue weighted by molar-refractivity contribution is 5.52. The second-order valence-electron chi connectivity index (χ2n) is 6.81. The minimum atomic E-state index is 0.172. The first kappa shape index (κ1) is 19.5. The van der Waals surface area contributed by atoms with Crippen molar-refractivity contribution in [2.24, 2.45) is 0 Å². The molecule has 3 aromatic rings. The molecule has 0 bridgehead atoms. The molecule has 1 aromatic heterocycles. The molecule has 0 saturated carbocycles. The van der Waals surface area contributed by atoms with Crippen LogP contribution in [0.25, 0.3) is 0 Å². The lowest BCUT2D eigenvalue weighted by Crippen LogP contribution is -2.08. The van der Waals surface area contributed by atoms with Gasteiger partial charge in [0.2, 0.25) is 5.95 Å². The Labute approximate surface area is 165 Å². The highest BCUT2D eigenvalue weighted by Crippen LogP contribution is 2.36. The summed E-state index contributed by atoms with van der Waals surface area (Å²) >= 11 is 0. The molecule has 1 heterocycles. The van der Waals surface area contributed by atoms with E-state index in [-0.39, 0.29) is 11.9 Å². The highest BCUT2D eigenvalue weighted by Gasteiger charge is 2.18. The van der Waals surface area contributed by atoms with Crippen molar-refractivity contribution >= 4 is 11.8 Å². The zero-order chi connectivity index (χ0) is 20.1. The summed E-state index contributed by atoms with van der Waals surface area (Å²) in [6.07, 6.45) is 3.18. The summed E-state index contributed by atoms with van der Waals surface area (Å²) in [5, 5.41) is 0. The Morgan fingerprint density at radius 2 is 1.64 bits per heavy atom. The van der Waals surface area contributed by atoms with Gasteiger partial charge in [0.1, 0.15) is 5.82 Å². The summed E-state index contributed by atoms with van der Waals surface area (Å²) in [6.45, 7) is 2.21. The monoisotopic (exact) mass is 378 g/mol. The fourth-order valence-corrected chi connectivity index (χ4v) is 3.40. The van der Waals surface area contributed by atoms with Crippen molar-refractivity contribution < 1.29 is 9.47 Å². The summed E-state index contributed by atoms with van der Waals surface area (Å²) in [4.78, 5) is 8.16. The lowest BCUT2D eigenvalue weighted by molar-refractivity contribution is 0.354. The Hall–Kier alpha value is -3.28. The first-order chi connectivity index (χ1) is 13.5. The maximum absolute atomic E-state index is 6.06. The van der Waals surface area contributed by atoms with E-state index in [9.17, 15) is 0 Å². The van der Waals surface area contributed by atoms with Crippen LogP contribution in [-0.4, -0.2) is 24.2 Å². The smallest absolute Gasteiger partial charge is 0.221 e. The standard InChI is InChI=1S/C22H26N4O2/c1-14(9-15-7-5-4-6-8-15)18-12-20(28-3)19(27-2)11-16(18)10-17-13-25-22(24)26-21(17)23/h4-8,11-14H,9-10H2,1-3H3,(H4,23,24,25,26). The molecule has 0 radical (unpaired) electrons. The number of hydrogen-bond acceptors (Lipinski definition) is 6. The molecule has 0 saturated heterocycles. The summed E-state index contributed by atoms with van der Waals surface area (Å²) in [5.41, 5.74) is 16.1. The highest BCUT2D eigenvalue weighted by atomic mass is 16.5. The van der Waals surface area contributed by atoms with E-state index >= 15 is 0 Å². The van der Waals surface area contributed by atoms with Crippen LogP contribution in [0.5, 0.6) is 11.5 Å². The number of methoxy groups -OCH3 is 2. The fraction of sp³-hybridized carbons (Fsp3) is 0.273. The predicted octanol–water partition coefficient (Wildman–Crippen LogP) is 3.60. The maximum atomic E-state index is 6.06. The van der Waals surface area contributed by atoms with Gasteiger partial charge in [-0.3, -0.25) is 0 Å². The molecule has 0 fully saturated rings. The van der Waals surface area contributed by atoms with Gasteiger partial charge in [0.05, 0.1) is 14.2 Å². The number of ether oxygens (including phenoxy) is 2. The van der Waals surface area contributed by atoms with Crippen LogP contribution in [0.2, 0.25) is 0 Å². The number of nitrogens with two attached hydrogens (primary N) is 2. The Morgan fingerprint density at radius 1 is 0.964 bits per heavy atom. The van der Waals surface area contributed by atoms with Gasteiger partial charge in [0, 0.05) is 18.2 Å². The van der Waals surface area contributed by atoms with Gasteiger partial charge in [-0.2, -0.15) is 4.98 Å². The molecule has 0 amide bonds. The third-order valence-electron chi connectivity index (χ3n) is 4.86. The van der Waals surface area contributed by atoms with Gasteiger partial charge in [-0.15, -0.1) is 0 Å². The molecule has 1 unspecified atom stereocenters. The molecule has 4 N–H and O–H groups in total. The molecule has 6 heteroatoms. The van der Waals surface area contributed by atoms with Crippen LogP contribution in [0.3, 0.4) is 0 Å². The molecule has 6 nitrogen and oxygen atoms in total. The number of hydrogen-bond donors (Lipinski definition) is 2. The van der Waals surface area contributed by atoms with E-state index in [1.54, 1.807) is 20.4 Å². The lowest BCUT2D eigenvalue weighted by Gasteiger charge is -2.20. The Bertz CT molecular complexity index is 945. The van der Waals surface area contributed by atoms with Crippen molar-refractivity contribution in [3.05, 3.63) is 70.9 Å². The third-order valence-corrected chi connectivity index (χ3v) is 4.86. The van der Waals surface area contributed by atoms with Crippen molar-refractivity contribution in [2.45, 2.75) is 25.7 Å². The van der Waals surface area contributed by atoms with Crippen molar-refractivity contribution in [2.75, 3.05) is 25.7 Å². The zero-order valence-corrected chi connectivity index (χ0v) is 16.5. The maximum Gasteiger partial charge on any atom is 0.221 e. The zero-order valence-electron chi connectivity index (χ0n) is 16.5. The van der Waals surface area contributed by atoms with E-state index in [0.717, 1.165) is 17.5 Å². The van der Waals surface area contributed by atoms with Gasteiger partial charge in [0.15, 0.2) is 11.5 Å². The van der Waals surface area contributed by atoms with E-state index in [1.165, 1.54) is 11.1 Å². The fourth-order valence-electron chi connectivity index (χ4n) is 3.40. The van der Waals surface area contributed by atoms with Gasteiger partial charge in [-0.05, 0) is 41.2 Å². The average molecular weight is 378 g/mol. The SMILES string of the molecule is COc1cc(Cc2cnc(N)nc2N)c(C(C)Cc2ccccc2)cc1OC. The number of nitrogen functional groups attached to an aromatic ring is 2. The van der Waals surface area contributed by atoms with Crippen LogP contribution in [-0.2, 0) is 12.8 Å². The first-order valence-electron chi connectivity index (χ1n) is 9.17. The lowest BCUT2D eigenvalue weighted by atomic mass is 9.87.